The van der Waals surface area contributed by atoms with Gasteiger partial charge in [-0.05, 0) is 44.0 Å². The van der Waals surface area contributed by atoms with Crippen molar-refractivity contribution in [3.63, 3.8) is 0 Å². The van der Waals surface area contributed by atoms with Crippen LogP contribution in [0.2, 0.25) is 0 Å². The Morgan fingerprint density at radius 1 is 1.14 bits per heavy atom. The van der Waals surface area contributed by atoms with Crippen LogP contribution in [-0.4, -0.2) is 16.0 Å². The molecule has 2 aromatic rings. The standard InChI is InChI=1S/C17H19N5/c1-12-10-16(20-15-8-6-13(11-18)7-9-15)22-17(19-12)21-14-4-2-3-5-14/h6-10,14H,2-5H2,1H3,(H2,19,20,21,22). The molecule has 2 N–H and O–H groups in total. The van der Waals surface area contributed by atoms with Crippen LogP contribution in [-0.2, 0) is 0 Å². The highest BCUT2D eigenvalue weighted by Gasteiger charge is 2.16. The van der Waals surface area contributed by atoms with Gasteiger partial charge in [0.1, 0.15) is 5.82 Å². The van der Waals surface area contributed by atoms with E-state index in [9.17, 15) is 0 Å². The lowest BCUT2D eigenvalue weighted by atomic mass is 10.2. The van der Waals surface area contributed by atoms with E-state index in [1.165, 1.54) is 25.7 Å². The Balaban J connectivity index is 1.74. The number of nitrogens with zero attached hydrogens (tertiary/aromatic N) is 3. The van der Waals surface area contributed by atoms with Crippen LogP contribution in [0.4, 0.5) is 17.5 Å². The molecule has 0 amide bonds. The second kappa shape index (κ2) is 6.44. The van der Waals surface area contributed by atoms with Crippen molar-refractivity contribution >= 4 is 17.5 Å². The van der Waals surface area contributed by atoms with Crippen molar-refractivity contribution in [1.82, 2.24) is 9.97 Å². The van der Waals surface area contributed by atoms with Gasteiger partial charge in [-0.15, -0.1) is 0 Å². The predicted octanol–water partition coefficient (Wildman–Crippen LogP) is 3.75. The molecule has 112 valence electrons. The summed E-state index contributed by atoms with van der Waals surface area (Å²) in [5.41, 5.74) is 2.48. The second-order valence-corrected chi connectivity index (χ2v) is 5.66. The van der Waals surface area contributed by atoms with Gasteiger partial charge in [0.25, 0.3) is 0 Å². The van der Waals surface area contributed by atoms with Crippen molar-refractivity contribution in [1.29, 1.82) is 5.26 Å². The van der Waals surface area contributed by atoms with Crippen LogP contribution in [0.3, 0.4) is 0 Å². The molecule has 22 heavy (non-hydrogen) atoms. The SMILES string of the molecule is Cc1cc(Nc2ccc(C#N)cc2)nc(NC2CCCC2)n1. The smallest absolute Gasteiger partial charge is 0.225 e. The monoisotopic (exact) mass is 293 g/mol. The third-order valence-electron chi connectivity index (χ3n) is 3.83. The molecule has 3 rings (SSSR count). The fraction of sp³-hybridized carbons (Fsp3) is 0.353. The molecule has 1 aliphatic rings. The van der Waals surface area contributed by atoms with Gasteiger partial charge >= 0.3 is 0 Å². The van der Waals surface area contributed by atoms with E-state index >= 15 is 0 Å². The van der Waals surface area contributed by atoms with Crippen LogP contribution < -0.4 is 10.6 Å². The summed E-state index contributed by atoms with van der Waals surface area (Å²) in [7, 11) is 0. The van der Waals surface area contributed by atoms with Gasteiger partial charge in [0.15, 0.2) is 0 Å². The van der Waals surface area contributed by atoms with Crippen LogP contribution in [0.5, 0.6) is 0 Å². The maximum Gasteiger partial charge on any atom is 0.225 e. The van der Waals surface area contributed by atoms with E-state index in [-0.39, 0.29) is 0 Å². The molecular weight excluding hydrogens is 274 g/mol. The number of hydrogen-bond donors (Lipinski definition) is 2. The first-order valence-electron chi connectivity index (χ1n) is 7.62. The van der Waals surface area contributed by atoms with Gasteiger partial charge in [-0.2, -0.15) is 10.2 Å². The third-order valence-corrected chi connectivity index (χ3v) is 3.83. The average molecular weight is 293 g/mol. The molecule has 0 bridgehead atoms. The summed E-state index contributed by atoms with van der Waals surface area (Å²) in [5, 5.41) is 15.5. The zero-order valence-corrected chi connectivity index (χ0v) is 12.6. The van der Waals surface area contributed by atoms with Gasteiger partial charge in [-0.1, -0.05) is 12.8 Å². The van der Waals surface area contributed by atoms with Crippen LogP contribution in [0.25, 0.3) is 0 Å². The van der Waals surface area contributed by atoms with E-state index < -0.39 is 0 Å². The lowest BCUT2D eigenvalue weighted by molar-refractivity contribution is 0.743. The lowest BCUT2D eigenvalue weighted by Crippen LogP contribution is -2.17. The summed E-state index contributed by atoms with van der Waals surface area (Å²) in [6.45, 7) is 1.96. The predicted molar refractivity (Wildman–Crippen MR) is 87.1 cm³/mol. The molecule has 1 saturated carbocycles. The normalized spacial score (nSPS) is 14.5. The minimum atomic E-state index is 0.490. The van der Waals surface area contributed by atoms with Crippen molar-refractivity contribution in [2.45, 2.75) is 38.6 Å². The number of rotatable bonds is 4. The van der Waals surface area contributed by atoms with Crippen molar-refractivity contribution in [2.24, 2.45) is 0 Å². The minimum Gasteiger partial charge on any atom is -0.351 e. The van der Waals surface area contributed by atoms with Crippen LogP contribution in [0.1, 0.15) is 36.9 Å². The second-order valence-electron chi connectivity index (χ2n) is 5.66. The van der Waals surface area contributed by atoms with Gasteiger partial charge in [0.2, 0.25) is 5.95 Å². The van der Waals surface area contributed by atoms with Crippen molar-refractivity contribution in [2.75, 3.05) is 10.6 Å². The zero-order chi connectivity index (χ0) is 15.4. The van der Waals surface area contributed by atoms with Gasteiger partial charge in [-0.3, -0.25) is 0 Å². The molecule has 0 atom stereocenters. The topological polar surface area (TPSA) is 73.6 Å². The van der Waals surface area contributed by atoms with E-state index in [4.69, 9.17) is 5.26 Å². The van der Waals surface area contributed by atoms with E-state index in [0.29, 0.717) is 17.6 Å². The summed E-state index contributed by atoms with van der Waals surface area (Å²) < 4.78 is 0. The Morgan fingerprint density at radius 3 is 2.55 bits per heavy atom. The summed E-state index contributed by atoms with van der Waals surface area (Å²) >= 11 is 0. The molecule has 0 aliphatic heterocycles. The summed E-state index contributed by atoms with van der Waals surface area (Å²) in [6.07, 6.45) is 4.94. The molecule has 1 heterocycles. The number of benzene rings is 1. The third kappa shape index (κ3) is 3.53. The van der Waals surface area contributed by atoms with E-state index in [0.717, 1.165) is 17.2 Å². The van der Waals surface area contributed by atoms with Crippen molar-refractivity contribution < 1.29 is 0 Å². The van der Waals surface area contributed by atoms with Gasteiger partial charge in [-0.25, -0.2) is 4.98 Å². The summed E-state index contributed by atoms with van der Waals surface area (Å²) in [4.78, 5) is 9.00. The number of anilines is 3. The highest BCUT2D eigenvalue weighted by molar-refractivity contribution is 5.58. The summed E-state index contributed by atoms with van der Waals surface area (Å²) in [5.74, 6) is 1.45. The average Bonchev–Trinajstić information content (AvgIpc) is 3.00. The zero-order valence-electron chi connectivity index (χ0n) is 12.6. The number of nitriles is 1. The molecule has 0 spiro atoms. The molecule has 0 unspecified atom stereocenters. The van der Waals surface area contributed by atoms with E-state index in [1.807, 2.05) is 25.1 Å². The Kier molecular flexibility index (Phi) is 4.19. The van der Waals surface area contributed by atoms with Crippen molar-refractivity contribution in [3.8, 4) is 6.07 Å². The van der Waals surface area contributed by atoms with E-state index in [1.54, 1.807) is 12.1 Å². The van der Waals surface area contributed by atoms with Crippen LogP contribution in [0.15, 0.2) is 30.3 Å². The Labute approximate surface area is 130 Å². The van der Waals surface area contributed by atoms with Gasteiger partial charge < -0.3 is 10.6 Å². The molecule has 5 heteroatoms. The van der Waals surface area contributed by atoms with Crippen LogP contribution in [0, 0.1) is 18.3 Å². The first kappa shape index (κ1) is 14.3. The molecule has 1 aromatic heterocycles. The fourth-order valence-electron chi connectivity index (χ4n) is 2.73. The molecule has 1 aliphatic carbocycles. The minimum absolute atomic E-state index is 0.490. The van der Waals surface area contributed by atoms with Crippen LogP contribution >= 0.6 is 0 Å². The highest BCUT2D eigenvalue weighted by atomic mass is 15.2. The number of aromatic nitrogens is 2. The molecule has 5 nitrogen and oxygen atoms in total. The quantitative estimate of drug-likeness (QED) is 0.898. The fourth-order valence-corrected chi connectivity index (χ4v) is 2.73. The molecule has 1 fully saturated rings. The molecule has 1 aromatic carbocycles. The maximum atomic E-state index is 8.83. The van der Waals surface area contributed by atoms with Crippen molar-refractivity contribution in [3.05, 3.63) is 41.6 Å². The lowest BCUT2D eigenvalue weighted by Gasteiger charge is -2.14. The van der Waals surface area contributed by atoms with E-state index in [2.05, 4.69) is 26.7 Å². The Morgan fingerprint density at radius 2 is 1.86 bits per heavy atom. The first-order valence-corrected chi connectivity index (χ1v) is 7.62. The Hall–Kier alpha value is -2.61. The molecular formula is C17H19N5. The Bertz CT molecular complexity index is 681. The van der Waals surface area contributed by atoms with Gasteiger partial charge in [0, 0.05) is 23.5 Å². The highest BCUT2D eigenvalue weighted by Crippen LogP contribution is 2.22. The molecule has 0 saturated heterocycles. The largest absolute Gasteiger partial charge is 0.351 e. The number of hydrogen-bond acceptors (Lipinski definition) is 5. The first-order chi connectivity index (χ1) is 10.7. The molecule has 0 radical (unpaired) electrons. The summed E-state index contributed by atoms with van der Waals surface area (Å²) in [6, 6.07) is 11.8. The number of nitrogens with one attached hydrogen (secondary N) is 2. The maximum absolute atomic E-state index is 8.83. The number of aryl methyl sites for hydroxylation is 1. The van der Waals surface area contributed by atoms with Gasteiger partial charge in [0.05, 0.1) is 11.6 Å².